The molecule has 48 heavy (non-hydrogen) atoms. The summed E-state index contributed by atoms with van der Waals surface area (Å²) in [6.45, 7) is 13.5. The number of carbonyl (C=O) groups is 1. The highest BCUT2D eigenvalue weighted by molar-refractivity contribution is 5.69. The number of ether oxygens (including phenoxy) is 6. The lowest BCUT2D eigenvalue weighted by Crippen LogP contribution is -2.50. The highest BCUT2D eigenvalue weighted by atomic mass is 16.6. The Labute approximate surface area is 290 Å². The lowest BCUT2D eigenvalue weighted by atomic mass is 9.47. The molecule has 0 amide bonds. The summed E-state index contributed by atoms with van der Waals surface area (Å²) < 4.78 is 33.0. The largest absolute Gasteiger partial charge is 0.462 e. The number of aliphatic hydroxyl groups excluding tert-OH is 1. The van der Waals surface area contributed by atoms with Gasteiger partial charge in [0.05, 0.1) is 84.7 Å². The highest BCUT2D eigenvalue weighted by Crippen LogP contribution is 2.66. The molecule has 0 aromatic carbocycles. The molecule has 4 aliphatic rings. The fourth-order valence-corrected chi connectivity index (χ4v) is 9.71. The molecule has 2 N–H and O–H groups in total. The fourth-order valence-electron chi connectivity index (χ4n) is 9.71. The zero-order valence-corrected chi connectivity index (χ0v) is 30.7. The van der Waals surface area contributed by atoms with E-state index in [0.29, 0.717) is 71.5 Å². The molecule has 9 nitrogen and oxygen atoms in total. The second kappa shape index (κ2) is 19.5. The van der Waals surface area contributed by atoms with Crippen molar-refractivity contribution in [2.24, 2.45) is 34.5 Å². The van der Waals surface area contributed by atoms with E-state index in [1.165, 1.54) is 44.9 Å². The number of unbranched alkanes of at least 4 members (excludes halogenated alkanes) is 1. The minimum absolute atomic E-state index is 0.0182. The van der Waals surface area contributed by atoms with Gasteiger partial charge in [0.25, 0.3) is 0 Å². The first-order chi connectivity index (χ1) is 23.1. The molecule has 0 spiro atoms. The molecular formula is C39H68O9. The first-order valence-corrected chi connectivity index (χ1v) is 19.2. The Hall–Kier alpha value is -1.07. The van der Waals surface area contributed by atoms with Crippen LogP contribution in [0.25, 0.3) is 0 Å². The smallest absolute Gasteiger partial charge is 0.308 e. The molecule has 0 aromatic heterocycles. The number of hydrogen-bond donors (Lipinski definition) is 2. The quantitative estimate of drug-likeness (QED) is 0.0732. The van der Waals surface area contributed by atoms with Gasteiger partial charge in [-0.05, 0) is 106 Å². The maximum atomic E-state index is 12.7. The van der Waals surface area contributed by atoms with Crippen LogP contribution in [0.15, 0.2) is 11.6 Å². The van der Waals surface area contributed by atoms with Crippen molar-refractivity contribution in [3.63, 3.8) is 0 Å². The van der Waals surface area contributed by atoms with Crippen LogP contribution in [0.3, 0.4) is 0 Å². The van der Waals surface area contributed by atoms with Crippen LogP contribution in [0.2, 0.25) is 0 Å². The second-order valence-electron chi connectivity index (χ2n) is 16.0. The Morgan fingerprint density at radius 1 is 0.812 bits per heavy atom. The second-order valence-corrected chi connectivity index (χ2v) is 16.0. The van der Waals surface area contributed by atoms with Gasteiger partial charge >= 0.3 is 5.97 Å². The molecule has 0 radical (unpaired) electrons. The first-order valence-electron chi connectivity index (χ1n) is 19.2. The summed E-state index contributed by atoms with van der Waals surface area (Å²) in [6.07, 6.45) is 17.0. The number of fused-ring (bicyclic) bond motifs is 5. The van der Waals surface area contributed by atoms with Gasteiger partial charge < -0.3 is 38.6 Å². The maximum absolute atomic E-state index is 12.7. The lowest BCUT2D eigenvalue weighted by Gasteiger charge is -2.58. The molecule has 7 atom stereocenters. The monoisotopic (exact) mass is 680 g/mol. The predicted molar refractivity (Wildman–Crippen MR) is 186 cm³/mol. The predicted octanol–water partition coefficient (Wildman–Crippen LogP) is 6.27. The summed E-state index contributed by atoms with van der Waals surface area (Å²) in [5.41, 5.74) is 1.72. The topological polar surface area (TPSA) is 113 Å². The molecule has 4 aliphatic carbocycles. The number of hydrogen-bond acceptors (Lipinski definition) is 9. The summed E-state index contributed by atoms with van der Waals surface area (Å²) in [7, 11) is 0. The van der Waals surface area contributed by atoms with Crippen molar-refractivity contribution < 1.29 is 43.4 Å². The molecule has 0 bridgehead atoms. The molecule has 0 aromatic rings. The maximum Gasteiger partial charge on any atom is 0.308 e. The number of esters is 1. The van der Waals surface area contributed by atoms with Gasteiger partial charge in [-0.1, -0.05) is 38.3 Å². The van der Waals surface area contributed by atoms with Gasteiger partial charge in [0.2, 0.25) is 0 Å². The summed E-state index contributed by atoms with van der Waals surface area (Å²) in [5.74, 6) is 3.05. The third-order valence-electron chi connectivity index (χ3n) is 12.3. The third kappa shape index (κ3) is 11.5. The minimum Gasteiger partial charge on any atom is -0.462 e. The van der Waals surface area contributed by atoms with Gasteiger partial charge in [0.1, 0.15) is 6.10 Å². The Bertz CT molecular complexity index is 979. The molecule has 9 heteroatoms. The molecule has 0 saturated heterocycles. The van der Waals surface area contributed by atoms with Crippen LogP contribution < -0.4 is 0 Å². The van der Waals surface area contributed by atoms with E-state index in [-0.39, 0.29) is 30.5 Å². The Morgan fingerprint density at radius 3 is 2.06 bits per heavy atom. The van der Waals surface area contributed by atoms with Crippen LogP contribution in [0.5, 0.6) is 0 Å². The molecule has 3 saturated carbocycles. The summed E-state index contributed by atoms with van der Waals surface area (Å²) in [4.78, 5) is 12.7. The standard InChI is InChI=1S/C39H68O9/c1-37(2,42)15-6-5-7-30-9-11-34-33-10-8-31-29-32(12-16-39(31,4)35(33)13-17-38(30,34)3)48-36(41)14-19-43-21-23-45-25-27-47-28-26-46-24-22-44-20-18-40/h8,30,32-35,40,42H,5-7,9-29H2,1-4H3/t30?,32?,33?,34-,35-,38+,39?/m0/s1. The minimum atomic E-state index is -0.544. The van der Waals surface area contributed by atoms with E-state index in [9.17, 15) is 9.90 Å². The van der Waals surface area contributed by atoms with Crippen molar-refractivity contribution in [1.29, 1.82) is 0 Å². The van der Waals surface area contributed by atoms with Crippen molar-refractivity contribution in [3.05, 3.63) is 11.6 Å². The van der Waals surface area contributed by atoms with Gasteiger partial charge in [-0.2, -0.15) is 0 Å². The number of aliphatic hydroxyl groups is 2. The van der Waals surface area contributed by atoms with Gasteiger partial charge in [-0.15, -0.1) is 0 Å². The van der Waals surface area contributed by atoms with Crippen LogP contribution in [0, 0.1) is 34.5 Å². The Balaban J connectivity index is 1.07. The van der Waals surface area contributed by atoms with Crippen LogP contribution in [0.4, 0.5) is 0 Å². The Kier molecular flexibility index (Phi) is 16.1. The number of carbonyl (C=O) groups excluding carboxylic acids is 1. The van der Waals surface area contributed by atoms with E-state index < -0.39 is 5.60 Å². The summed E-state index contributed by atoms with van der Waals surface area (Å²) in [5, 5.41) is 18.8. The number of allylic oxidation sites excluding steroid dienone is 1. The van der Waals surface area contributed by atoms with E-state index in [4.69, 9.17) is 33.5 Å². The molecule has 4 rings (SSSR count). The average molecular weight is 681 g/mol. The zero-order valence-electron chi connectivity index (χ0n) is 30.7. The van der Waals surface area contributed by atoms with Gasteiger partial charge in [-0.3, -0.25) is 4.79 Å². The van der Waals surface area contributed by atoms with E-state index in [2.05, 4.69) is 19.9 Å². The lowest BCUT2D eigenvalue weighted by molar-refractivity contribution is -0.152. The summed E-state index contributed by atoms with van der Waals surface area (Å²) in [6, 6.07) is 0. The van der Waals surface area contributed by atoms with Crippen LogP contribution in [-0.4, -0.2) is 101 Å². The van der Waals surface area contributed by atoms with Gasteiger partial charge in [0, 0.05) is 6.42 Å². The van der Waals surface area contributed by atoms with E-state index in [1.54, 1.807) is 5.57 Å². The molecule has 0 aliphatic heterocycles. The van der Waals surface area contributed by atoms with Gasteiger partial charge in [-0.25, -0.2) is 0 Å². The van der Waals surface area contributed by atoms with E-state index in [0.717, 1.165) is 55.8 Å². The molecule has 0 heterocycles. The highest BCUT2D eigenvalue weighted by Gasteiger charge is 2.58. The van der Waals surface area contributed by atoms with E-state index >= 15 is 0 Å². The van der Waals surface area contributed by atoms with E-state index in [1.807, 2.05) is 13.8 Å². The molecule has 278 valence electrons. The third-order valence-corrected chi connectivity index (χ3v) is 12.3. The van der Waals surface area contributed by atoms with Crippen molar-refractivity contribution in [2.75, 3.05) is 72.7 Å². The molecular weight excluding hydrogens is 612 g/mol. The van der Waals surface area contributed by atoms with Crippen molar-refractivity contribution in [1.82, 2.24) is 0 Å². The summed E-state index contributed by atoms with van der Waals surface area (Å²) >= 11 is 0. The van der Waals surface area contributed by atoms with Crippen LogP contribution in [0.1, 0.15) is 111 Å². The fraction of sp³-hybridized carbons (Fsp3) is 0.923. The van der Waals surface area contributed by atoms with Crippen LogP contribution in [-0.2, 0) is 33.2 Å². The molecule has 3 fully saturated rings. The normalized spacial score (nSPS) is 31.5. The van der Waals surface area contributed by atoms with Crippen molar-refractivity contribution in [2.45, 2.75) is 123 Å². The van der Waals surface area contributed by atoms with Crippen molar-refractivity contribution >= 4 is 5.97 Å². The van der Waals surface area contributed by atoms with Crippen LogP contribution >= 0.6 is 0 Å². The first kappa shape index (κ1) is 39.7. The molecule has 4 unspecified atom stereocenters. The van der Waals surface area contributed by atoms with Crippen molar-refractivity contribution in [3.8, 4) is 0 Å². The number of rotatable bonds is 23. The van der Waals surface area contributed by atoms with Gasteiger partial charge in [0.15, 0.2) is 0 Å². The SMILES string of the molecule is CC(C)(O)CCCCC1CC[C@H]2C3CC=C4CC(OC(=O)CCOCCOCCOCCOCCOCCO)CCC4(C)[C@H]3CC[C@]12C. The Morgan fingerprint density at radius 2 is 1.44 bits per heavy atom. The average Bonchev–Trinajstić information content (AvgIpc) is 3.38. The zero-order chi connectivity index (χ0) is 34.5.